The van der Waals surface area contributed by atoms with E-state index < -0.39 is 150 Å². The molecule has 1 saturated heterocycles. The average Bonchev–Trinajstić information content (AvgIpc) is 1.48. The predicted octanol–water partition coefficient (Wildman–Crippen LogP) is -1.76. The van der Waals surface area contributed by atoms with Gasteiger partial charge in [0.1, 0.15) is 61.6 Å². The molecular weight excluding hydrogens is 1180 g/mol. The Labute approximate surface area is 509 Å². The molecule has 10 atom stereocenters. The molecule has 3 aliphatic rings. The van der Waals surface area contributed by atoms with E-state index in [4.69, 9.17) is 30.4 Å². The van der Waals surface area contributed by atoms with Gasteiger partial charge in [-0.2, -0.15) is 0 Å². The summed E-state index contributed by atoms with van der Waals surface area (Å²) in [5, 5.41) is 81.9. The molecule has 3 aliphatic heterocycles. The summed E-state index contributed by atoms with van der Waals surface area (Å²) in [6.07, 6.45) is -6.23. The van der Waals surface area contributed by atoms with Crippen LogP contribution in [0, 0.1) is 18.7 Å². The lowest BCUT2D eigenvalue weighted by Gasteiger charge is -2.31. The third-order valence-electron chi connectivity index (χ3n) is 15.9. The largest absolute Gasteiger partial charge is 0.480 e. The zero-order chi connectivity index (χ0) is 64.9. The molecule has 1 fully saturated rings. The molecule has 0 radical (unpaired) electrons. The highest BCUT2D eigenvalue weighted by atomic mass is 32.2. The quantitative estimate of drug-likeness (QED) is 0.0107. The maximum absolute atomic E-state index is 15.5. The number of aliphatic hydroxyl groups excluding tert-OH is 5. The molecule has 6 rings (SSSR count). The minimum Gasteiger partial charge on any atom is -0.480 e. The van der Waals surface area contributed by atoms with Crippen molar-refractivity contribution in [3.8, 4) is 11.4 Å². The van der Waals surface area contributed by atoms with Crippen molar-refractivity contribution in [1.82, 2.24) is 41.0 Å². The molecule has 0 aliphatic carbocycles. The summed E-state index contributed by atoms with van der Waals surface area (Å²) in [4.78, 5) is 136. The van der Waals surface area contributed by atoms with Crippen molar-refractivity contribution in [2.45, 2.75) is 178 Å². The molecule has 2 aromatic heterocycles. The molecule has 88 heavy (non-hydrogen) atoms. The van der Waals surface area contributed by atoms with Crippen LogP contribution in [0.1, 0.15) is 120 Å². The highest BCUT2D eigenvalue weighted by Gasteiger charge is 2.46. The number of hydrogen-bond donors (Lipinski definition) is 13. The number of benzene rings is 1. The SMILES string of the molecule is CC[C@@]1(O)C(=O)OCc2c1cc1n(c2=O)Cc2cc3c(CCCCOCNC(=O)[C@H](C)NC(=O)[C@@H](NC(=O)[C@H](CCC(=O)NC[C@H](O)[C@@H](O)[C@H](O)[C@H](O)CO)NC(=O)CCCCCN4C(=O)CC(SC[C@H](N)C(=O)O)C4=O)C(C)C)c(C)c(F)cc3nc2-1. The first-order valence-corrected chi connectivity index (χ1v) is 30.3. The van der Waals surface area contributed by atoms with Crippen molar-refractivity contribution < 1.29 is 92.8 Å². The molecule has 5 heterocycles. The number of unbranched alkanes of at least 4 members (excludes halogenated alkanes) is 3. The Kier molecular flexibility index (Phi) is 25.0. The summed E-state index contributed by atoms with van der Waals surface area (Å²) >= 11 is 0.984. The van der Waals surface area contributed by atoms with Gasteiger partial charge in [0, 0.05) is 67.3 Å². The van der Waals surface area contributed by atoms with Crippen LogP contribution < -0.4 is 37.9 Å². The number of imide groups is 1. The molecule has 0 saturated carbocycles. The number of thioether (sulfide) groups is 1. The van der Waals surface area contributed by atoms with Gasteiger partial charge in [-0.15, -0.1) is 11.8 Å². The number of cyclic esters (lactones) is 1. The van der Waals surface area contributed by atoms with Gasteiger partial charge in [0.15, 0.2) is 5.60 Å². The number of nitrogens with one attached hydrogen (secondary N) is 5. The Bertz CT molecular complexity index is 3170. The van der Waals surface area contributed by atoms with Crippen LogP contribution in [0.25, 0.3) is 22.3 Å². The smallest absolute Gasteiger partial charge is 0.343 e. The lowest BCUT2D eigenvalue weighted by molar-refractivity contribution is -0.172. The molecule has 30 heteroatoms. The van der Waals surface area contributed by atoms with Gasteiger partial charge in [-0.25, -0.2) is 14.2 Å². The second-order valence-corrected chi connectivity index (χ2v) is 23.8. The minimum absolute atomic E-state index is 0.0174. The van der Waals surface area contributed by atoms with Crippen LogP contribution in [0.5, 0.6) is 0 Å². The van der Waals surface area contributed by atoms with E-state index in [0.29, 0.717) is 71.1 Å². The molecule has 14 N–H and O–H groups in total. The zero-order valence-corrected chi connectivity index (χ0v) is 50.5. The van der Waals surface area contributed by atoms with Crippen LogP contribution in [0.4, 0.5) is 4.39 Å². The predicted molar refractivity (Wildman–Crippen MR) is 312 cm³/mol. The number of carbonyl (C=O) groups excluding carboxylic acids is 8. The van der Waals surface area contributed by atoms with Crippen LogP contribution in [0.2, 0.25) is 0 Å². The van der Waals surface area contributed by atoms with Gasteiger partial charge in [-0.1, -0.05) is 27.2 Å². The summed E-state index contributed by atoms with van der Waals surface area (Å²) in [7, 11) is 0. The Morgan fingerprint density at radius 1 is 0.898 bits per heavy atom. The maximum atomic E-state index is 15.5. The highest BCUT2D eigenvalue weighted by molar-refractivity contribution is 8.00. The molecule has 7 amide bonds. The van der Waals surface area contributed by atoms with E-state index in [1.807, 2.05) is 6.07 Å². The van der Waals surface area contributed by atoms with E-state index in [1.165, 1.54) is 17.6 Å². The number of nitrogens with two attached hydrogens (primary N) is 1. The van der Waals surface area contributed by atoms with E-state index in [0.717, 1.165) is 16.7 Å². The number of hydrogen-bond acceptors (Lipinski definition) is 21. The van der Waals surface area contributed by atoms with E-state index in [-0.39, 0.29) is 82.0 Å². The van der Waals surface area contributed by atoms with Crippen LogP contribution in [0.15, 0.2) is 23.0 Å². The van der Waals surface area contributed by atoms with Crippen molar-refractivity contribution in [3.05, 3.63) is 62.2 Å². The second kappa shape index (κ2) is 31.4. The van der Waals surface area contributed by atoms with Gasteiger partial charge in [-0.05, 0) is 88.0 Å². The monoisotopic (exact) mass is 1260 g/mol. The zero-order valence-electron chi connectivity index (χ0n) is 49.7. The van der Waals surface area contributed by atoms with E-state index in [1.54, 1.807) is 33.8 Å². The maximum Gasteiger partial charge on any atom is 0.343 e. The summed E-state index contributed by atoms with van der Waals surface area (Å²) in [5.41, 5.74) is 6.51. The number of likely N-dealkylation sites (tertiary alicyclic amines) is 1. The third-order valence-corrected chi connectivity index (χ3v) is 17.2. The number of aliphatic hydroxyl groups is 6. The van der Waals surface area contributed by atoms with Crippen molar-refractivity contribution in [2.75, 3.05) is 38.8 Å². The first kappa shape index (κ1) is 70.1. The van der Waals surface area contributed by atoms with E-state index in [9.17, 15) is 73.5 Å². The fraction of sp³-hybridized carbons (Fsp3) is 0.603. The lowest BCUT2D eigenvalue weighted by Crippen LogP contribution is -2.58. The Balaban J connectivity index is 0.983. The molecule has 1 aromatic carbocycles. The molecule has 484 valence electrons. The van der Waals surface area contributed by atoms with Gasteiger partial charge in [-0.3, -0.25) is 48.1 Å². The van der Waals surface area contributed by atoms with E-state index in [2.05, 4.69) is 26.6 Å². The number of esters is 1. The molecule has 3 aromatic rings. The topological polar surface area (TPSA) is 438 Å². The first-order chi connectivity index (χ1) is 41.6. The van der Waals surface area contributed by atoms with Gasteiger partial charge >= 0.3 is 11.9 Å². The fourth-order valence-electron chi connectivity index (χ4n) is 10.4. The number of pyridine rings is 2. The number of carboxylic acids is 1. The second-order valence-electron chi connectivity index (χ2n) is 22.6. The van der Waals surface area contributed by atoms with Gasteiger partial charge < -0.3 is 82.1 Å². The van der Waals surface area contributed by atoms with Crippen molar-refractivity contribution in [2.24, 2.45) is 11.7 Å². The lowest BCUT2D eigenvalue weighted by atomic mass is 9.86. The number of halogens is 1. The average molecular weight is 1260 g/mol. The number of aliphatic carboxylic acids is 1. The van der Waals surface area contributed by atoms with Gasteiger partial charge in [0.05, 0.1) is 47.0 Å². The normalized spacial score (nSPS) is 18.9. The molecule has 1 unspecified atom stereocenters. The van der Waals surface area contributed by atoms with Gasteiger partial charge in [0.2, 0.25) is 41.4 Å². The highest BCUT2D eigenvalue weighted by Crippen LogP contribution is 2.40. The van der Waals surface area contributed by atoms with Crippen LogP contribution in [-0.4, -0.2) is 196 Å². The Morgan fingerprint density at radius 3 is 2.30 bits per heavy atom. The van der Waals surface area contributed by atoms with Gasteiger partial charge in [0.25, 0.3) is 5.56 Å². The van der Waals surface area contributed by atoms with Crippen LogP contribution in [0.3, 0.4) is 0 Å². The number of aryl methyl sites for hydroxylation is 1. The van der Waals surface area contributed by atoms with Crippen LogP contribution in [-0.2, 0) is 77.8 Å². The number of ether oxygens (including phenoxy) is 2. The molecule has 28 nitrogen and oxygen atoms in total. The number of amides is 7. The summed E-state index contributed by atoms with van der Waals surface area (Å²) in [6.45, 7) is 6.24. The number of nitrogens with zero attached hydrogens (tertiary/aromatic N) is 3. The molecular formula is C58H80FN9O19S. The molecule has 0 bridgehead atoms. The number of carboxylic acid groups (broad SMARTS) is 1. The van der Waals surface area contributed by atoms with Crippen molar-refractivity contribution >= 4 is 76.0 Å². The molecule has 0 spiro atoms. The standard InChI is InChI=1S/C58H80FN9O19S/c1-6-58(85)35-19-40-48-31(23-68(40)54(80)34(35)25-87-57(58)84)18-33-32(29(4)36(59)20-39(33)65-48)12-9-11-17-86-27-62-51(77)30(5)63-53(79)47(28(2)3)66-52(78)38(14-15-44(72)61-22-41(70)49(75)50(76)42(71)24-69)64-45(73)13-8-7-10-16-67-46(74)21-43(55(67)81)88-26-37(60)56(82)83/h18-20,28,30,37-38,41-43,47,49-50,69-71,75-76,85H,6-17,21-27,60H2,1-5H3,(H,61,72)(H,62,77)(H,63,79)(H,64,73)(H,66,78)(H,82,83)/t30-,37-,38-,41-,42+,43?,47-,49+,50+,58-/m0/s1. The number of aromatic nitrogens is 2. The number of rotatable bonds is 34. The summed E-state index contributed by atoms with van der Waals surface area (Å²) in [5.74, 6) is -7.81. The third kappa shape index (κ3) is 17.0. The minimum atomic E-state index is -2.00. The first-order valence-electron chi connectivity index (χ1n) is 29.2. The van der Waals surface area contributed by atoms with Crippen molar-refractivity contribution in [3.63, 3.8) is 0 Å². The van der Waals surface area contributed by atoms with Crippen LogP contribution >= 0.6 is 11.8 Å². The Hall–Kier alpha value is -7.03. The Morgan fingerprint density at radius 2 is 1.61 bits per heavy atom. The fourth-order valence-corrected chi connectivity index (χ4v) is 11.5. The summed E-state index contributed by atoms with van der Waals surface area (Å²) in [6, 6.07) is -0.261. The van der Waals surface area contributed by atoms with E-state index >= 15 is 4.39 Å². The number of fused-ring (bicyclic) bond motifs is 5. The van der Waals surface area contributed by atoms with Crippen molar-refractivity contribution in [1.29, 1.82) is 0 Å². The summed E-state index contributed by atoms with van der Waals surface area (Å²) < 4.78 is 27.8. The number of carbonyl (C=O) groups is 9.